The molecule has 51 heavy (non-hydrogen) atoms. The number of hydrogen-bond acceptors (Lipinski definition) is 1. The summed E-state index contributed by atoms with van der Waals surface area (Å²) in [4.78, 5) is 0. The van der Waals surface area contributed by atoms with Crippen LogP contribution >= 0.6 is 0 Å². The van der Waals surface area contributed by atoms with Gasteiger partial charge in [-0.3, -0.25) is 0 Å². The molecular weight excluding hydrogens is 617 g/mol. The van der Waals surface area contributed by atoms with Gasteiger partial charge in [0.05, 0.1) is 20.6 Å². The molecule has 1 nitrogen and oxygen atoms in total. The topological polar surface area (TPSA) is 13.1 Å². The second-order valence-electron chi connectivity index (χ2n) is 12.4. The Morgan fingerprint density at radius 1 is 0.314 bits per heavy atom. The zero-order valence-electron chi connectivity index (χ0n) is 41.6. The van der Waals surface area contributed by atoms with Crippen molar-refractivity contribution in [3.05, 3.63) is 182 Å². The van der Waals surface area contributed by atoms with Gasteiger partial charge in [0.1, 0.15) is 11.2 Å². The molecule has 0 amide bonds. The normalized spacial score (nSPS) is 16.0. The fourth-order valence-electron chi connectivity index (χ4n) is 7.70. The molecule has 0 aliphatic heterocycles. The van der Waals surface area contributed by atoms with Crippen molar-refractivity contribution in [2.24, 2.45) is 0 Å². The van der Waals surface area contributed by atoms with E-state index in [1.165, 1.54) is 0 Å². The van der Waals surface area contributed by atoms with Crippen LogP contribution in [-0.4, -0.2) is 0 Å². The number of fused-ring (bicyclic) bond motifs is 9. The molecule has 0 atom stereocenters. The minimum atomic E-state index is -0.765. The highest BCUT2D eigenvalue weighted by molar-refractivity contribution is 6.29. The van der Waals surface area contributed by atoms with Gasteiger partial charge in [-0.25, -0.2) is 0 Å². The van der Waals surface area contributed by atoms with Crippen molar-refractivity contribution >= 4 is 75.8 Å². The van der Waals surface area contributed by atoms with Crippen LogP contribution in [0.15, 0.2) is 186 Å². The van der Waals surface area contributed by atoms with E-state index >= 15 is 0 Å². The van der Waals surface area contributed by atoms with Crippen molar-refractivity contribution in [3.63, 3.8) is 0 Å². The molecule has 0 radical (unpaired) electrons. The minimum absolute atomic E-state index is 0.0187. The highest BCUT2D eigenvalue weighted by Crippen LogP contribution is 2.51. The Balaban J connectivity index is 1.46. The van der Waals surface area contributed by atoms with E-state index in [-0.39, 0.29) is 32.7 Å². The monoisotopic (exact) mass is 661 g/mol. The summed E-state index contributed by atoms with van der Waals surface area (Å²) in [5, 5.41) is 2.79. The van der Waals surface area contributed by atoms with E-state index in [4.69, 9.17) is 18.1 Å². The van der Waals surface area contributed by atoms with Crippen molar-refractivity contribution in [3.8, 4) is 33.4 Å². The summed E-state index contributed by atoms with van der Waals surface area (Å²) in [6.45, 7) is 0. The number of furan rings is 1. The maximum absolute atomic E-state index is 9.76. The van der Waals surface area contributed by atoms with Gasteiger partial charge in [0.15, 0.2) is 0 Å². The van der Waals surface area contributed by atoms with E-state index in [2.05, 4.69) is 0 Å². The molecule has 1 aromatic heterocycles. The van der Waals surface area contributed by atoms with Gasteiger partial charge in [0, 0.05) is 10.8 Å². The first-order valence-corrected chi connectivity index (χ1v) is 16.4. The Hall–Kier alpha value is -6.70. The summed E-state index contributed by atoms with van der Waals surface area (Å²) in [7, 11) is 0. The smallest absolute Gasteiger partial charge is 0.136 e. The molecule has 1 heteroatoms. The lowest BCUT2D eigenvalue weighted by atomic mass is 9.81. The van der Waals surface area contributed by atoms with Crippen LogP contribution in [0.25, 0.3) is 109 Å². The van der Waals surface area contributed by atoms with Gasteiger partial charge in [-0.1, -0.05) is 169 Å². The Labute approximate surface area is 315 Å². The minimum Gasteiger partial charge on any atom is -0.456 e. The van der Waals surface area contributed by atoms with Crippen molar-refractivity contribution in [1.29, 1.82) is 0 Å². The number of rotatable bonds is 3. The van der Waals surface area contributed by atoms with Gasteiger partial charge in [-0.05, 0) is 99.4 Å². The van der Waals surface area contributed by atoms with Crippen LogP contribution in [0.5, 0.6) is 0 Å². The van der Waals surface area contributed by atoms with Crippen LogP contribution in [0.2, 0.25) is 0 Å². The molecule has 0 saturated heterocycles. The quantitative estimate of drug-likeness (QED) is 0.172. The third kappa shape index (κ3) is 4.09. The highest BCUT2D eigenvalue weighted by Gasteiger charge is 2.23. The first-order chi connectivity index (χ1) is 31.6. The van der Waals surface area contributed by atoms with Crippen LogP contribution in [0.1, 0.15) is 20.6 Å². The molecule has 0 unspecified atom stereocenters. The molecule has 0 bridgehead atoms. The molecule has 0 aliphatic carbocycles. The second-order valence-corrected chi connectivity index (χ2v) is 12.4. The fraction of sp³-hybridized carbons (Fsp3) is 0. The summed E-state index contributed by atoms with van der Waals surface area (Å²) in [5.74, 6) is 0. The highest BCUT2D eigenvalue weighted by atomic mass is 16.3. The molecule has 0 spiro atoms. The van der Waals surface area contributed by atoms with Crippen LogP contribution in [0, 0.1) is 0 Å². The summed E-state index contributed by atoms with van der Waals surface area (Å²) in [6, 6.07) is 18.1. The summed E-state index contributed by atoms with van der Waals surface area (Å²) in [5.41, 5.74) is 1.90. The van der Waals surface area contributed by atoms with E-state index in [9.17, 15) is 6.85 Å². The lowest BCUT2D eigenvalue weighted by molar-refractivity contribution is 0.669. The fourth-order valence-corrected chi connectivity index (χ4v) is 7.70. The Bertz CT molecular complexity index is 3970. The zero-order chi connectivity index (χ0) is 46.5. The Kier molecular flexibility index (Phi) is 3.70. The van der Waals surface area contributed by atoms with E-state index in [1.54, 1.807) is 6.07 Å². The summed E-state index contributed by atoms with van der Waals surface area (Å²) >= 11 is 0. The molecule has 10 aromatic carbocycles. The maximum atomic E-state index is 9.76. The van der Waals surface area contributed by atoms with E-state index in [0.29, 0.717) is 38.6 Å². The predicted octanol–water partition coefficient (Wildman–Crippen LogP) is 14.4. The summed E-state index contributed by atoms with van der Waals surface area (Å²) in [6.07, 6.45) is 0. The average molecular weight is 662 g/mol. The lowest BCUT2D eigenvalue weighted by Gasteiger charge is -2.22. The molecule has 236 valence electrons. The third-order valence-corrected chi connectivity index (χ3v) is 9.79. The molecular formula is C50H30O. The number of hydrogen-bond donors (Lipinski definition) is 0. The number of benzene rings is 10. The molecule has 0 fully saturated rings. The first-order valence-electron chi connectivity index (χ1n) is 23.9. The molecule has 0 aliphatic rings. The Morgan fingerprint density at radius 3 is 1.67 bits per heavy atom. The predicted molar refractivity (Wildman–Crippen MR) is 218 cm³/mol. The zero-order valence-corrected chi connectivity index (χ0v) is 26.6. The first kappa shape index (κ1) is 17.3. The third-order valence-electron chi connectivity index (χ3n) is 9.79. The second kappa shape index (κ2) is 10.9. The van der Waals surface area contributed by atoms with Crippen LogP contribution in [-0.2, 0) is 0 Å². The van der Waals surface area contributed by atoms with Gasteiger partial charge in [0.2, 0.25) is 0 Å². The maximum Gasteiger partial charge on any atom is 0.136 e. The molecule has 0 saturated carbocycles. The SMILES string of the molecule is [2H]c1c([2H])c([2H])c2c(-c3c4c([2H])c([2H])c([2H])c([2H])c4c(-c4c(-c5cccc6oc7ccc8ccccc8c7c56)ccc5ccccc45)c4c([2H])c([2H])c([2H])c([2H])c34)c([2H])c([2H])c([2H])c2c1[2H]. The molecule has 11 rings (SSSR count). The summed E-state index contributed by atoms with van der Waals surface area (Å²) < 4.78 is 144. The van der Waals surface area contributed by atoms with Crippen LogP contribution in [0.3, 0.4) is 0 Å². The molecule has 1 heterocycles. The van der Waals surface area contributed by atoms with Crippen molar-refractivity contribution in [1.82, 2.24) is 0 Å². The van der Waals surface area contributed by atoms with E-state index in [0.717, 1.165) is 21.5 Å². The van der Waals surface area contributed by atoms with Crippen LogP contribution in [0.4, 0.5) is 0 Å². The van der Waals surface area contributed by atoms with Gasteiger partial charge in [-0.15, -0.1) is 0 Å². The molecule has 11 aromatic rings. The van der Waals surface area contributed by atoms with Crippen molar-refractivity contribution in [2.75, 3.05) is 0 Å². The van der Waals surface area contributed by atoms with Gasteiger partial charge in [-0.2, -0.15) is 0 Å². The van der Waals surface area contributed by atoms with Gasteiger partial charge in [0.25, 0.3) is 0 Å². The van der Waals surface area contributed by atoms with Gasteiger partial charge >= 0.3 is 0 Å². The van der Waals surface area contributed by atoms with Gasteiger partial charge < -0.3 is 4.42 Å². The van der Waals surface area contributed by atoms with Crippen molar-refractivity contribution < 1.29 is 25.0 Å². The lowest BCUT2D eigenvalue weighted by Crippen LogP contribution is -1.94. The Morgan fingerprint density at radius 2 is 0.902 bits per heavy atom. The van der Waals surface area contributed by atoms with E-state index < -0.39 is 107 Å². The molecule has 0 N–H and O–H groups in total. The van der Waals surface area contributed by atoms with Crippen molar-refractivity contribution in [2.45, 2.75) is 0 Å². The largest absolute Gasteiger partial charge is 0.456 e. The average Bonchev–Trinajstić information content (AvgIpc) is 3.73. The van der Waals surface area contributed by atoms with Crippen LogP contribution < -0.4 is 0 Å². The van der Waals surface area contributed by atoms with E-state index in [1.807, 2.05) is 84.9 Å². The standard InChI is InChI=1S/C50H30O/c1-4-17-34-31(13-1)16-11-24-37(34)46-38-20-7-9-22-40(38)48(41-23-10-8-21-39(41)46)47-35-18-5-2-14-32(35)27-29-43(47)42-25-12-26-44-50(42)49-36-19-6-3-15-33(36)28-30-45(49)51-44/h1-30H/i1D,4D,7D,8D,9D,10D,11D,13D,16D,17D,20D,21D,22D,23D,24D.